The molecule has 9 aromatic rings. The van der Waals surface area contributed by atoms with Gasteiger partial charge in [-0.2, -0.15) is 8.75 Å². The van der Waals surface area contributed by atoms with Crippen LogP contribution in [0.25, 0.3) is 83.0 Å². The van der Waals surface area contributed by atoms with Crippen LogP contribution in [0.4, 0.5) is 0 Å². The highest BCUT2D eigenvalue weighted by Crippen LogP contribution is 2.50. The summed E-state index contributed by atoms with van der Waals surface area (Å²) in [6.07, 6.45) is 22.9. The first-order chi connectivity index (χ1) is 31.6. The minimum Gasteiger partial charge on any atom is -0.339 e. The van der Waals surface area contributed by atoms with E-state index in [0.29, 0.717) is 0 Å². The average molecular weight is 938 g/mol. The topological polar surface area (TPSA) is 30.7 Å². The molecule has 0 bridgehead atoms. The molecule has 0 atom stereocenters. The van der Waals surface area contributed by atoms with Crippen molar-refractivity contribution in [3.63, 3.8) is 0 Å². The van der Waals surface area contributed by atoms with Crippen LogP contribution in [0.2, 0.25) is 0 Å². The summed E-state index contributed by atoms with van der Waals surface area (Å²) in [5.74, 6) is 0. The Kier molecular flexibility index (Phi) is 15.6. The van der Waals surface area contributed by atoms with Crippen LogP contribution < -0.4 is 0 Å². The van der Waals surface area contributed by atoms with Crippen LogP contribution in [0.3, 0.4) is 0 Å². The molecule has 64 heavy (non-hydrogen) atoms. The molecule has 9 rings (SSSR count). The number of hydrogen-bond acceptors (Lipinski definition) is 7. The van der Waals surface area contributed by atoms with Gasteiger partial charge in [-0.3, -0.25) is 0 Å². The molecule has 0 amide bonds. The number of benzene rings is 3. The molecular formula is C56H63N3S5. The van der Waals surface area contributed by atoms with Gasteiger partial charge in [-0.25, -0.2) is 0 Å². The average Bonchev–Trinajstić information content (AvgIpc) is 4.20. The monoisotopic (exact) mass is 937 g/mol. The Hall–Kier alpha value is -3.92. The van der Waals surface area contributed by atoms with E-state index in [9.17, 15) is 0 Å². The van der Waals surface area contributed by atoms with E-state index < -0.39 is 0 Å². The smallest absolute Gasteiger partial charge is 0.114 e. The summed E-state index contributed by atoms with van der Waals surface area (Å²) in [6, 6.07) is 36.6. The van der Waals surface area contributed by atoms with Gasteiger partial charge < -0.3 is 4.57 Å². The fourth-order valence-electron chi connectivity index (χ4n) is 9.40. The van der Waals surface area contributed by atoms with Crippen LogP contribution >= 0.6 is 57.1 Å². The summed E-state index contributed by atoms with van der Waals surface area (Å²) in [7, 11) is 0. The van der Waals surface area contributed by atoms with Crippen molar-refractivity contribution in [3.8, 4) is 51.5 Å². The summed E-state index contributed by atoms with van der Waals surface area (Å²) in [5, 5.41) is 0. The number of thiophene rings is 4. The van der Waals surface area contributed by atoms with Crippen molar-refractivity contribution in [2.45, 2.75) is 143 Å². The van der Waals surface area contributed by atoms with E-state index in [1.807, 2.05) is 45.3 Å². The van der Waals surface area contributed by atoms with Gasteiger partial charge >= 0.3 is 0 Å². The predicted octanol–water partition coefficient (Wildman–Crippen LogP) is 19.8. The van der Waals surface area contributed by atoms with E-state index in [4.69, 9.17) is 8.75 Å². The number of hydrogen-bond donors (Lipinski definition) is 0. The van der Waals surface area contributed by atoms with Gasteiger partial charge in [0.1, 0.15) is 11.0 Å². The highest BCUT2D eigenvalue weighted by molar-refractivity contribution is 7.32. The molecule has 0 N–H and O–H groups in total. The molecule has 8 heteroatoms. The molecular weight excluding hydrogens is 875 g/mol. The van der Waals surface area contributed by atoms with Gasteiger partial charge in [-0.15, -0.1) is 45.3 Å². The van der Waals surface area contributed by atoms with Crippen molar-refractivity contribution in [1.82, 2.24) is 13.3 Å². The summed E-state index contributed by atoms with van der Waals surface area (Å²) in [5.41, 5.74) is 12.9. The lowest BCUT2D eigenvalue weighted by Crippen LogP contribution is -1.97. The number of fused-ring (bicyclic) bond motifs is 4. The summed E-state index contributed by atoms with van der Waals surface area (Å²) < 4.78 is 15.7. The van der Waals surface area contributed by atoms with E-state index in [0.717, 1.165) is 30.4 Å². The van der Waals surface area contributed by atoms with Gasteiger partial charge in [0.05, 0.1) is 32.2 Å². The maximum atomic E-state index is 5.10. The Morgan fingerprint density at radius 2 is 0.844 bits per heavy atom. The van der Waals surface area contributed by atoms with E-state index in [1.165, 1.54) is 198 Å². The third kappa shape index (κ3) is 10.1. The van der Waals surface area contributed by atoms with Gasteiger partial charge in [0.25, 0.3) is 0 Å². The van der Waals surface area contributed by atoms with Crippen molar-refractivity contribution >= 4 is 88.5 Å². The zero-order chi connectivity index (χ0) is 43.7. The van der Waals surface area contributed by atoms with Crippen LogP contribution in [-0.2, 0) is 19.4 Å². The predicted molar refractivity (Wildman–Crippen MR) is 287 cm³/mol. The first-order valence-corrected chi connectivity index (χ1v) is 28.3. The van der Waals surface area contributed by atoms with E-state index in [2.05, 4.69) is 122 Å². The maximum absolute atomic E-state index is 5.10. The molecule has 6 heterocycles. The molecule has 0 spiro atoms. The molecule has 0 aliphatic rings. The summed E-state index contributed by atoms with van der Waals surface area (Å²) in [4.78, 5) is 8.21. The molecule has 0 radical (unpaired) electrons. The highest BCUT2D eigenvalue weighted by atomic mass is 32.1. The van der Waals surface area contributed by atoms with Gasteiger partial charge in [0.15, 0.2) is 0 Å². The number of aryl methyl sites for hydroxylation is 3. The molecule has 3 aromatic carbocycles. The fraction of sp³-hybridized carbons (Fsp3) is 0.393. The molecule has 0 unspecified atom stereocenters. The molecule has 0 aliphatic carbocycles. The van der Waals surface area contributed by atoms with Gasteiger partial charge in [0.2, 0.25) is 0 Å². The number of nitrogens with zero attached hydrogens (tertiary/aromatic N) is 3. The first kappa shape index (κ1) is 45.2. The maximum Gasteiger partial charge on any atom is 0.114 e. The van der Waals surface area contributed by atoms with Crippen LogP contribution in [0.15, 0.2) is 97.1 Å². The molecule has 0 saturated carbocycles. The Labute approximate surface area is 401 Å². The molecule has 0 aliphatic heterocycles. The Morgan fingerprint density at radius 1 is 0.422 bits per heavy atom. The van der Waals surface area contributed by atoms with Crippen molar-refractivity contribution in [2.75, 3.05) is 0 Å². The van der Waals surface area contributed by atoms with Gasteiger partial charge in [-0.05, 0) is 78.6 Å². The Morgan fingerprint density at radius 3 is 1.39 bits per heavy atom. The SMILES string of the molecule is CCCCCCCCCCn1c2cc(-c3ccccc3)sc2c2sc(-c3cc(CCCCCC)c(-c4ccc(-c5sc(-c6ccccc6)cc5CCCCCC)c5nsnc45)s3)cc21. The largest absolute Gasteiger partial charge is 0.339 e. The molecule has 6 aromatic heterocycles. The van der Waals surface area contributed by atoms with Crippen LogP contribution in [0.1, 0.15) is 135 Å². The van der Waals surface area contributed by atoms with Gasteiger partial charge in [0, 0.05) is 46.9 Å². The number of aromatic nitrogens is 3. The van der Waals surface area contributed by atoms with E-state index in [1.54, 1.807) is 0 Å². The summed E-state index contributed by atoms with van der Waals surface area (Å²) in [6.45, 7) is 7.99. The van der Waals surface area contributed by atoms with Crippen molar-refractivity contribution in [2.24, 2.45) is 0 Å². The van der Waals surface area contributed by atoms with Crippen LogP contribution in [0.5, 0.6) is 0 Å². The molecule has 0 fully saturated rings. The second-order valence-corrected chi connectivity index (χ2v) is 22.4. The highest BCUT2D eigenvalue weighted by Gasteiger charge is 2.24. The van der Waals surface area contributed by atoms with E-state index in [-0.39, 0.29) is 0 Å². The zero-order valence-electron chi connectivity index (χ0n) is 38.1. The van der Waals surface area contributed by atoms with Crippen molar-refractivity contribution < 1.29 is 0 Å². The van der Waals surface area contributed by atoms with Crippen LogP contribution in [-0.4, -0.2) is 13.3 Å². The molecule has 332 valence electrons. The van der Waals surface area contributed by atoms with E-state index >= 15 is 0 Å². The Balaban J connectivity index is 1.08. The van der Waals surface area contributed by atoms with Gasteiger partial charge in [-0.1, -0.05) is 177 Å². The number of unbranched alkanes of at least 4 members (excludes halogenated alkanes) is 13. The first-order valence-electron chi connectivity index (χ1n) is 24.3. The number of rotatable bonds is 24. The summed E-state index contributed by atoms with van der Waals surface area (Å²) >= 11 is 9.25. The standard InChI is InChI=1S/C56H63N3S5/c1-4-7-10-13-14-15-16-25-34-59-45-37-48(40-28-23-18-24-29-40)61-55(45)56-46(59)38-50(63-56)49-36-42(31-20-12-9-6-3)54(62-49)44-33-32-43(51-52(44)58-64-57-51)53-41(30-19-11-8-5-2)35-47(60-53)39-26-21-17-22-27-39/h17-18,21-24,26-29,32-33,35-38H,4-16,19-20,25,30-31,34H2,1-3H3. The second-order valence-electron chi connectivity index (χ2n) is 17.7. The minimum atomic E-state index is 1.05. The second kappa shape index (κ2) is 22.0. The van der Waals surface area contributed by atoms with Crippen LogP contribution in [0, 0.1) is 0 Å². The lowest BCUT2D eigenvalue weighted by Gasteiger charge is -2.09. The lowest BCUT2D eigenvalue weighted by molar-refractivity contribution is 0.553. The third-order valence-corrected chi connectivity index (χ3v) is 18.6. The molecule has 3 nitrogen and oxygen atoms in total. The quantitative estimate of drug-likeness (QED) is 0.0565. The molecule has 0 saturated heterocycles. The lowest BCUT2D eigenvalue weighted by atomic mass is 9.98. The fourth-order valence-corrected chi connectivity index (χ4v) is 15.0. The van der Waals surface area contributed by atoms with Crippen molar-refractivity contribution in [1.29, 1.82) is 0 Å². The zero-order valence-corrected chi connectivity index (χ0v) is 42.1. The Bertz CT molecular complexity index is 2860. The minimum absolute atomic E-state index is 1.05. The normalized spacial score (nSPS) is 11.9. The van der Waals surface area contributed by atoms with Crippen molar-refractivity contribution in [3.05, 3.63) is 108 Å². The third-order valence-electron chi connectivity index (χ3n) is 12.9.